The highest BCUT2D eigenvalue weighted by Crippen LogP contribution is 2.47. The molecule has 0 bridgehead atoms. The summed E-state index contributed by atoms with van der Waals surface area (Å²) >= 11 is 0. The standard InChI is InChI=1S/C58H36/c1-2-19-42-37(15-1)16-14-30-43(42)38-31-33-39(34-32-38)56-50-26-9-11-28-52(50)57(53-29-12-10-27-51(53)56)41-18-13-17-40(35-41)54-36-55-46-22-4-3-20-44(46)45-21-5-7-24-48(45)58(55)49-25-8-6-23-47(49)54/h1-36H. The van der Waals surface area contributed by atoms with Crippen LogP contribution >= 0.6 is 0 Å². The van der Waals surface area contributed by atoms with Gasteiger partial charge in [-0.15, -0.1) is 0 Å². The van der Waals surface area contributed by atoms with Crippen molar-refractivity contribution < 1.29 is 0 Å². The zero-order valence-electron chi connectivity index (χ0n) is 31.8. The molecule has 12 aromatic rings. The Morgan fingerprint density at radius 3 is 1.24 bits per heavy atom. The highest BCUT2D eigenvalue weighted by atomic mass is 14.2. The first kappa shape index (κ1) is 32.7. The number of rotatable bonds is 4. The summed E-state index contributed by atoms with van der Waals surface area (Å²) in [5.74, 6) is 0. The summed E-state index contributed by atoms with van der Waals surface area (Å²) in [5.41, 5.74) is 9.94. The summed E-state index contributed by atoms with van der Waals surface area (Å²) in [5, 5.41) is 17.9. The van der Waals surface area contributed by atoms with Crippen molar-refractivity contribution in [2.75, 3.05) is 0 Å². The van der Waals surface area contributed by atoms with Crippen molar-refractivity contribution >= 4 is 75.4 Å². The molecule has 0 heterocycles. The van der Waals surface area contributed by atoms with Crippen LogP contribution in [0.15, 0.2) is 218 Å². The molecule has 0 unspecified atom stereocenters. The average molecular weight is 733 g/mol. The normalized spacial score (nSPS) is 11.8. The van der Waals surface area contributed by atoms with Crippen LogP contribution in [0.4, 0.5) is 0 Å². The second-order valence-electron chi connectivity index (χ2n) is 15.5. The van der Waals surface area contributed by atoms with Gasteiger partial charge in [-0.05, 0) is 132 Å². The molecule has 0 aromatic heterocycles. The monoisotopic (exact) mass is 732 g/mol. The summed E-state index contributed by atoms with van der Waals surface area (Å²) in [7, 11) is 0. The van der Waals surface area contributed by atoms with Crippen LogP contribution in [0.25, 0.3) is 120 Å². The van der Waals surface area contributed by atoms with E-state index in [4.69, 9.17) is 0 Å². The van der Waals surface area contributed by atoms with E-state index in [0.717, 1.165) is 0 Å². The molecule has 0 aliphatic carbocycles. The minimum atomic E-state index is 1.22. The second-order valence-corrected chi connectivity index (χ2v) is 15.5. The summed E-state index contributed by atoms with van der Waals surface area (Å²) in [4.78, 5) is 0. The van der Waals surface area contributed by atoms with Gasteiger partial charge in [0.05, 0.1) is 0 Å². The molecule has 0 nitrogen and oxygen atoms in total. The maximum atomic E-state index is 2.45. The number of benzene rings is 12. The molecule has 0 heteroatoms. The van der Waals surface area contributed by atoms with Gasteiger partial charge in [0, 0.05) is 0 Å². The van der Waals surface area contributed by atoms with Crippen molar-refractivity contribution in [3.8, 4) is 44.5 Å². The minimum absolute atomic E-state index is 1.22. The Morgan fingerprint density at radius 1 is 0.190 bits per heavy atom. The van der Waals surface area contributed by atoms with Gasteiger partial charge in [0.1, 0.15) is 0 Å². The van der Waals surface area contributed by atoms with Crippen molar-refractivity contribution in [2.24, 2.45) is 0 Å². The molecule has 0 aliphatic heterocycles. The molecular weight excluding hydrogens is 697 g/mol. The van der Waals surface area contributed by atoms with Crippen LogP contribution in [-0.4, -0.2) is 0 Å². The lowest BCUT2D eigenvalue weighted by molar-refractivity contribution is 1.63. The van der Waals surface area contributed by atoms with E-state index in [0.29, 0.717) is 0 Å². The molecule has 0 amide bonds. The molecule has 0 aliphatic rings. The highest BCUT2D eigenvalue weighted by molar-refractivity contribution is 6.33. The maximum Gasteiger partial charge on any atom is -0.00199 e. The van der Waals surface area contributed by atoms with Crippen LogP contribution < -0.4 is 0 Å². The van der Waals surface area contributed by atoms with Gasteiger partial charge in [-0.3, -0.25) is 0 Å². The third-order valence-corrected chi connectivity index (χ3v) is 12.4. The van der Waals surface area contributed by atoms with Crippen molar-refractivity contribution in [1.29, 1.82) is 0 Å². The molecule has 12 rings (SSSR count). The zero-order valence-corrected chi connectivity index (χ0v) is 31.8. The number of fused-ring (bicyclic) bond motifs is 11. The third-order valence-electron chi connectivity index (χ3n) is 12.4. The van der Waals surface area contributed by atoms with Crippen LogP contribution in [-0.2, 0) is 0 Å². The number of hydrogen-bond donors (Lipinski definition) is 0. The fraction of sp³-hybridized carbons (Fsp3) is 0. The summed E-state index contributed by atoms with van der Waals surface area (Å²) in [6.07, 6.45) is 0. The Kier molecular flexibility index (Phi) is 7.33. The van der Waals surface area contributed by atoms with Gasteiger partial charge >= 0.3 is 0 Å². The van der Waals surface area contributed by atoms with E-state index in [1.165, 1.54) is 120 Å². The van der Waals surface area contributed by atoms with Gasteiger partial charge in [0.2, 0.25) is 0 Å². The molecule has 0 saturated heterocycles. The van der Waals surface area contributed by atoms with E-state index in [9.17, 15) is 0 Å². The Bertz CT molecular complexity index is 3540. The SMILES string of the molecule is c1cc(-c2c3ccccc3c(-c3ccc(-c4cccc5ccccc45)cc3)c3ccccc23)cc(-c2cc3c4ccccc4c4ccccc4c3c3ccccc23)c1. The van der Waals surface area contributed by atoms with Gasteiger partial charge in [0.25, 0.3) is 0 Å². The van der Waals surface area contributed by atoms with Crippen molar-refractivity contribution in [1.82, 2.24) is 0 Å². The average Bonchev–Trinajstić information content (AvgIpc) is 3.30. The fourth-order valence-electron chi connectivity index (χ4n) is 9.89. The Balaban J connectivity index is 1.07. The molecular formula is C58H36. The third kappa shape index (κ3) is 4.95. The van der Waals surface area contributed by atoms with Crippen molar-refractivity contribution in [2.45, 2.75) is 0 Å². The first-order valence-corrected chi connectivity index (χ1v) is 20.2. The molecule has 0 radical (unpaired) electrons. The van der Waals surface area contributed by atoms with Gasteiger partial charge < -0.3 is 0 Å². The summed E-state index contributed by atoms with van der Waals surface area (Å²) in [6, 6.07) is 80.8. The predicted octanol–water partition coefficient (Wildman–Crippen LogP) is 16.4. The topological polar surface area (TPSA) is 0 Å². The predicted molar refractivity (Wildman–Crippen MR) is 251 cm³/mol. The molecule has 0 atom stereocenters. The van der Waals surface area contributed by atoms with E-state index in [1.807, 2.05) is 0 Å². The molecule has 0 N–H and O–H groups in total. The Morgan fingerprint density at radius 2 is 0.603 bits per heavy atom. The van der Waals surface area contributed by atoms with Crippen LogP contribution in [0.5, 0.6) is 0 Å². The first-order valence-electron chi connectivity index (χ1n) is 20.2. The van der Waals surface area contributed by atoms with Crippen molar-refractivity contribution in [3.05, 3.63) is 218 Å². The van der Waals surface area contributed by atoms with E-state index in [1.54, 1.807) is 0 Å². The maximum absolute atomic E-state index is 2.45. The van der Waals surface area contributed by atoms with Gasteiger partial charge in [-0.2, -0.15) is 0 Å². The van der Waals surface area contributed by atoms with E-state index < -0.39 is 0 Å². The van der Waals surface area contributed by atoms with Crippen LogP contribution in [0.1, 0.15) is 0 Å². The smallest absolute Gasteiger partial charge is 0.00199 e. The molecule has 58 heavy (non-hydrogen) atoms. The highest BCUT2D eigenvalue weighted by Gasteiger charge is 2.19. The Hall–Kier alpha value is -7.54. The molecule has 0 saturated carbocycles. The zero-order chi connectivity index (χ0) is 38.2. The van der Waals surface area contributed by atoms with Crippen LogP contribution in [0.3, 0.4) is 0 Å². The molecule has 0 spiro atoms. The van der Waals surface area contributed by atoms with Crippen molar-refractivity contribution in [3.63, 3.8) is 0 Å². The molecule has 0 fully saturated rings. The van der Waals surface area contributed by atoms with Crippen LogP contribution in [0, 0.1) is 0 Å². The van der Waals surface area contributed by atoms with E-state index >= 15 is 0 Å². The van der Waals surface area contributed by atoms with Gasteiger partial charge in [-0.25, -0.2) is 0 Å². The largest absolute Gasteiger partial charge is 0.0616 e. The first-order chi connectivity index (χ1) is 28.8. The van der Waals surface area contributed by atoms with Gasteiger partial charge in [0.15, 0.2) is 0 Å². The molecule has 12 aromatic carbocycles. The summed E-state index contributed by atoms with van der Waals surface area (Å²) < 4.78 is 0. The van der Waals surface area contributed by atoms with Gasteiger partial charge in [-0.1, -0.05) is 206 Å². The Labute approximate surface area is 336 Å². The lowest BCUT2D eigenvalue weighted by Crippen LogP contribution is -1.92. The molecule has 268 valence electrons. The lowest BCUT2D eigenvalue weighted by atomic mass is 9.84. The lowest BCUT2D eigenvalue weighted by Gasteiger charge is -2.19. The number of hydrogen-bond acceptors (Lipinski definition) is 0. The fourth-order valence-corrected chi connectivity index (χ4v) is 9.89. The van der Waals surface area contributed by atoms with Crippen LogP contribution in [0.2, 0.25) is 0 Å². The summed E-state index contributed by atoms with van der Waals surface area (Å²) in [6.45, 7) is 0. The quantitative estimate of drug-likeness (QED) is 0.125. The second kappa shape index (κ2) is 13.0. The minimum Gasteiger partial charge on any atom is -0.0616 e. The van der Waals surface area contributed by atoms with E-state index in [-0.39, 0.29) is 0 Å². The van der Waals surface area contributed by atoms with E-state index in [2.05, 4.69) is 218 Å².